The molecule has 0 saturated carbocycles. The lowest BCUT2D eigenvalue weighted by Crippen LogP contribution is -2.36. The number of rotatable bonds is 4. The van der Waals surface area contributed by atoms with Crippen molar-refractivity contribution in [2.45, 2.75) is 6.54 Å². The molecule has 3 rings (SSSR count). The highest BCUT2D eigenvalue weighted by Gasteiger charge is 2.22. The molecule has 23 heavy (non-hydrogen) atoms. The van der Waals surface area contributed by atoms with Crippen molar-refractivity contribution in [2.75, 3.05) is 32.9 Å². The van der Waals surface area contributed by atoms with Crippen LogP contribution in [0.15, 0.2) is 30.6 Å². The summed E-state index contributed by atoms with van der Waals surface area (Å²) >= 11 is 0. The fourth-order valence-electron chi connectivity index (χ4n) is 2.55. The van der Waals surface area contributed by atoms with Crippen LogP contribution < -0.4 is 0 Å². The average molecular weight is 317 g/mol. The smallest absolute Gasteiger partial charge is 0.253 e. The molecule has 0 radical (unpaired) electrons. The van der Waals surface area contributed by atoms with Crippen molar-refractivity contribution in [2.24, 2.45) is 5.92 Å². The minimum absolute atomic E-state index is 0.0225. The van der Waals surface area contributed by atoms with Gasteiger partial charge in [-0.2, -0.15) is 0 Å². The molecule has 2 aromatic rings. The Morgan fingerprint density at radius 3 is 2.87 bits per heavy atom. The van der Waals surface area contributed by atoms with Crippen LogP contribution in [0.1, 0.15) is 15.9 Å². The lowest BCUT2D eigenvalue weighted by molar-refractivity contribution is 0.0728. The summed E-state index contributed by atoms with van der Waals surface area (Å²) in [5.74, 6) is -0.0662. The lowest BCUT2D eigenvalue weighted by atomic mass is 10.1. The molecule has 1 fully saturated rings. The third-order valence-corrected chi connectivity index (χ3v) is 3.82. The van der Waals surface area contributed by atoms with Gasteiger partial charge in [0.15, 0.2) is 0 Å². The number of carbonyl (C=O) groups is 1. The van der Waals surface area contributed by atoms with Crippen LogP contribution in [0.3, 0.4) is 0 Å². The fourth-order valence-corrected chi connectivity index (χ4v) is 2.55. The second-order valence-electron chi connectivity index (χ2n) is 5.58. The van der Waals surface area contributed by atoms with Crippen molar-refractivity contribution in [3.05, 3.63) is 41.7 Å². The molecule has 1 N–H and O–H groups in total. The van der Waals surface area contributed by atoms with Crippen LogP contribution in [-0.2, 0) is 11.3 Å². The molecule has 1 aliphatic rings. The molecule has 2 heterocycles. The van der Waals surface area contributed by atoms with Crippen LogP contribution in [0.25, 0.3) is 0 Å². The number of aromatic nitrogens is 4. The van der Waals surface area contributed by atoms with Crippen molar-refractivity contribution in [1.29, 1.82) is 0 Å². The van der Waals surface area contributed by atoms with E-state index in [1.807, 2.05) is 24.3 Å². The minimum Gasteiger partial charge on any atom is -0.396 e. The fraction of sp³-hybridized carbons (Fsp3) is 0.467. The van der Waals surface area contributed by atoms with Gasteiger partial charge < -0.3 is 14.7 Å². The molecule has 8 nitrogen and oxygen atoms in total. The molecule has 0 bridgehead atoms. The van der Waals surface area contributed by atoms with Crippen LogP contribution in [0.5, 0.6) is 0 Å². The maximum atomic E-state index is 12.6. The maximum Gasteiger partial charge on any atom is 0.253 e. The average Bonchev–Trinajstić information content (AvgIpc) is 2.97. The zero-order valence-electron chi connectivity index (χ0n) is 12.7. The molecule has 0 spiro atoms. The number of hydrogen-bond donors (Lipinski definition) is 1. The number of nitrogens with zero attached hydrogens (tertiary/aromatic N) is 5. The number of aliphatic hydroxyl groups is 1. The van der Waals surface area contributed by atoms with Crippen molar-refractivity contribution < 1.29 is 14.6 Å². The monoisotopic (exact) mass is 317 g/mol. The number of tetrazole rings is 1. The van der Waals surface area contributed by atoms with E-state index >= 15 is 0 Å². The number of amides is 1. The summed E-state index contributed by atoms with van der Waals surface area (Å²) < 4.78 is 7.04. The predicted molar refractivity (Wildman–Crippen MR) is 80.7 cm³/mol. The summed E-state index contributed by atoms with van der Waals surface area (Å²) in [4.78, 5) is 14.3. The van der Waals surface area contributed by atoms with Gasteiger partial charge in [-0.1, -0.05) is 12.1 Å². The first-order valence-electron chi connectivity index (χ1n) is 7.54. The van der Waals surface area contributed by atoms with Gasteiger partial charge in [0.05, 0.1) is 19.8 Å². The molecule has 1 atom stereocenters. The van der Waals surface area contributed by atoms with Crippen molar-refractivity contribution in [3.8, 4) is 0 Å². The van der Waals surface area contributed by atoms with Crippen LogP contribution in [0.2, 0.25) is 0 Å². The summed E-state index contributed by atoms with van der Waals surface area (Å²) in [6, 6.07) is 7.41. The summed E-state index contributed by atoms with van der Waals surface area (Å²) in [5, 5.41) is 20.3. The Labute approximate surface area is 133 Å². The highest BCUT2D eigenvalue weighted by atomic mass is 16.5. The number of ether oxygens (including phenoxy) is 1. The zero-order chi connectivity index (χ0) is 16.1. The molecular weight excluding hydrogens is 298 g/mol. The van der Waals surface area contributed by atoms with Crippen LogP contribution in [0, 0.1) is 5.92 Å². The van der Waals surface area contributed by atoms with Crippen molar-refractivity contribution in [1.82, 2.24) is 25.1 Å². The van der Waals surface area contributed by atoms with Gasteiger partial charge in [0.25, 0.3) is 5.91 Å². The number of benzene rings is 1. The van der Waals surface area contributed by atoms with E-state index in [-0.39, 0.29) is 18.4 Å². The topological polar surface area (TPSA) is 93.4 Å². The summed E-state index contributed by atoms with van der Waals surface area (Å²) in [6.07, 6.45) is 1.55. The van der Waals surface area contributed by atoms with Gasteiger partial charge in [-0.25, -0.2) is 4.68 Å². The quantitative estimate of drug-likeness (QED) is 0.839. The zero-order valence-corrected chi connectivity index (χ0v) is 12.7. The van der Waals surface area contributed by atoms with Gasteiger partial charge >= 0.3 is 0 Å². The second kappa shape index (κ2) is 7.30. The molecule has 1 saturated heterocycles. The summed E-state index contributed by atoms with van der Waals surface area (Å²) in [5.41, 5.74) is 1.64. The SMILES string of the molecule is O=C(c1ccc(Cn2cnnn2)cc1)N1CCOC[C@H](CO)C1. The lowest BCUT2D eigenvalue weighted by Gasteiger charge is -2.22. The Hall–Kier alpha value is -2.32. The second-order valence-corrected chi connectivity index (χ2v) is 5.58. The van der Waals surface area contributed by atoms with Gasteiger partial charge in [-0.3, -0.25) is 4.79 Å². The van der Waals surface area contributed by atoms with E-state index in [9.17, 15) is 9.90 Å². The highest BCUT2D eigenvalue weighted by Crippen LogP contribution is 2.13. The Bertz CT molecular complexity index is 629. The first-order valence-corrected chi connectivity index (χ1v) is 7.54. The Morgan fingerprint density at radius 2 is 2.17 bits per heavy atom. The van der Waals surface area contributed by atoms with Gasteiger partial charge in [0, 0.05) is 31.2 Å². The summed E-state index contributed by atoms with van der Waals surface area (Å²) in [6.45, 7) is 2.63. The van der Waals surface area contributed by atoms with Crippen LogP contribution in [0.4, 0.5) is 0 Å². The molecule has 1 aromatic heterocycles. The first kappa shape index (κ1) is 15.6. The van der Waals surface area contributed by atoms with Crippen molar-refractivity contribution in [3.63, 3.8) is 0 Å². The number of carbonyl (C=O) groups excluding carboxylic acids is 1. The Balaban J connectivity index is 1.67. The van der Waals surface area contributed by atoms with Gasteiger partial charge in [-0.15, -0.1) is 5.10 Å². The van der Waals surface area contributed by atoms with Gasteiger partial charge in [0.1, 0.15) is 6.33 Å². The number of aliphatic hydroxyl groups excluding tert-OH is 1. The highest BCUT2D eigenvalue weighted by molar-refractivity contribution is 5.94. The van der Waals surface area contributed by atoms with Gasteiger partial charge in [-0.05, 0) is 28.1 Å². The molecule has 1 aromatic carbocycles. The van der Waals surface area contributed by atoms with E-state index in [0.29, 0.717) is 38.4 Å². The van der Waals surface area contributed by atoms with Crippen LogP contribution in [-0.4, -0.2) is 69.0 Å². The standard InChI is InChI=1S/C15H19N5O3/c21-9-13-7-19(5-6-23-10-13)15(22)14-3-1-12(2-4-14)8-20-11-16-17-18-20/h1-4,11,13,21H,5-10H2/t13-/m0/s1. The van der Waals surface area contributed by atoms with E-state index in [1.165, 1.54) is 0 Å². The molecule has 0 unspecified atom stereocenters. The Morgan fingerprint density at radius 1 is 1.35 bits per heavy atom. The maximum absolute atomic E-state index is 12.6. The molecule has 1 aliphatic heterocycles. The Kier molecular flexibility index (Phi) is 4.94. The molecule has 1 amide bonds. The minimum atomic E-state index is -0.0390. The third kappa shape index (κ3) is 3.91. The van der Waals surface area contributed by atoms with E-state index in [0.717, 1.165) is 5.56 Å². The number of hydrogen-bond acceptors (Lipinski definition) is 6. The summed E-state index contributed by atoms with van der Waals surface area (Å²) in [7, 11) is 0. The molecular formula is C15H19N5O3. The first-order chi connectivity index (χ1) is 11.3. The molecule has 122 valence electrons. The normalized spacial score (nSPS) is 18.7. The van der Waals surface area contributed by atoms with E-state index in [1.54, 1.807) is 15.9 Å². The van der Waals surface area contributed by atoms with Gasteiger partial charge in [0.2, 0.25) is 0 Å². The van der Waals surface area contributed by atoms with E-state index in [2.05, 4.69) is 15.5 Å². The van der Waals surface area contributed by atoms with E-state index < -0.39 is 0 Å². The van der Waals surface area contributed by atoms with E-state index in [4.69, 9.17) is 4.74 Å². The predicted octanol–water partition coefficient (Wildman–Crippen LogP) is -0.198. The molecule has 8 heteroatoms. The molecule has 0 aliphatic carbocycles. The van der Waals surface area contributed by atoms with Crippen LogP contribution >= 0.6 is 0 Å². The van der Waals surface area contributed by atoms with Crippen molar-refractivity contribution >= 4 is 5.91 Å². The third-order valence-electron chi connectivity index (χ3n) is 3.82. The largest absolute Gasteiger partial charge is 0.396 e.